The van der Waals surface area contributed by atoms with Crippen LogP contribution in [0.25, 0.3) is 0 Å². The van der Waals surface area contributed by atoms with E-state index < -0.39 is 6.29 Å². The van der Waals surface area contributed by atoms with Crippen LogP contribution in [-0.4, -0.2) is 22.9 Å². The fourth-order valence-corrected chi connectivity index (χ4v) is 2.21. The molecular weight excluding hydrogens is 222 g/mol. The number of ether oxygens (including phenoxy) is 1. The summed E-state index contributed by atoms with van der Waals surface area (Å²) in [5.41, 5.74) is 1.85. The monoisotopic (exact) mass is 237 g/mol. The Bertz CT molecular complexity index is 446. The van der Waals surface area contributed by atoms with Gasteiger partial charge in [-0.3, -0.25) is 10.1 Å². The summed E-state index contributed by atoms with van der Waals surface area (Å²) >= 11 is 0. The van der Waals surface area contributed by atoms with Gasteiger partial charge in [0.25, 0.3) is 0 Å². The van der Waals surface area contributed by atoms with E-state index in [0.29, 0.717) is 5.75 Å². The first kappa shape index (κ1) is 11.9. The number of hydrogen-bond acceptors (Lipinski definition) is 4. The van der Waals surface area contributed by atoms with Crippen molar-refractivity contribution < 1.29 is 14.8 Å². The number of benzene rings is 1. The summed E-state index contributed by atoms with van der Waals surface area (Å²) in [6, 6.07) is 5.52. The van der Waals surface area contributed by atoms with Crippen molar-refractivity contribution >= 4 is 0 Å². The normalized spacial score (nSPS) is 27.1. The number of fused-ring (bicyclic) bond motifs is 1. The van der Waals surface area contributed by atoms with Crippen LogP contribution in [0.2, 0.25) is 0 Å². The van der Waals surface area contributed by atoms with E-state index in [9.17, 15) is 15.2 Å². The molecule has 92 valence electrons. The molecule has 1 N–H and O–H groups in total. The largest absolute Gasteiger partial charge is 0.465 e. The molecule has 0 saturated carbocycles. The highest BCUT2D eigenvalue weighted by molar-refractivity contribution is 5.41. The minimum atomic E-state index is -0.977. The first-order chi connectivity index (χ1) is 7.99. The predicted octanol–water partition coefficient (Wildman–Crippen LogP) is 1.70. The van der Waals surface area contributed by atoms with E-state index in [-0.39, 0.29) is 23.3 Å². The molecule has 1 heterocycles. The molecule has 0 bridgehead atoms. The van der Waals surface area contributed by atoms with Crippen LogP contribution in [0, 0.1) is 23.0 Å². The van der Waals surface area contributed by atoms with Gasteiger partial charge in [-0.25, -0.2) is 0 Å². The number of aryl methyl sites for hydroxylation is 1. The smallest absolute Gasteiger partial charge is 0.211 e. The molecule has 0 aliphatic carbocycles. The lowest BCUT2D eigenvalue weighted by Crippen LogP contribution is -2.36. The summed E-state index contributed by atoms with van der Waals surface area (Å²) in [4.78, 5) is 10.4. The van der Waals surface area contributed by atoms with Crippen molar-refractivity contribution in [2.45, 2.75) is 26.1 Å². The summed E-state index contributed by atoms with van der Waals surface area (Å²) < 4.78 is 5.34. The van der Waals surface area contributed by atoms with Crippen molar-refractivity contribution in [3.63, 3.8) is 0 Å². The van der Waals surface area contributed by atoms with Crippen LogP contribution in [0.5, 0.6) is 5.75 Å². The Labute approximate surface area is 99.2 Å². The second-order valence-corrected chi connectivity index (χ2v) is 4.53. The zero-order valence-corrected chi connectivity index (χ0v) is 9.79. The van der Waals surface area contributed by atoms with Gasteiger partial charge in [-0.05, 0) is 13.0 Å². The van der Waals surface area contributed by atoms with Gasteiger partial charge in [0.15, 0.2) is 0 Å². The van der Waals surface area contributed by atoms with Crippen LogP contribution in [0.1, 0.15) is 24.0 Å². The van der Waals surface area contributed by atoms with Crippen LogP contribution >= 0.6 is 0 Å². The Balaban J connectivity index is 2.42. The molecule has 0 spiro atoms. The highest BCUT2D eigenvalue weighted by Gasteiger charge is 2.37. The van der Waals surface area contributed by atoms with Gasteiger partial charge in [0.05, 0.1) is 5.92 Å². The maximum absolute atomic E-state index is 10.7. The first-order valence-electron chi connectivity index (χ1n) is 5.56. The molecule has 1 aliphatic rings. The minimum Gasteiger partial charge on any atom is -0.465 e. The summed E-state index contributed by atoms with van der Waals surface area (Å²) in [7, 11) is 0. The summed E-state index contributed by atoms with van der Waals surface area (Å²) in [5.74, 6) is -0.0357. The zero-order chi connectivity index (χ0) is 12.6. The maximum atomic E-state index is 10.7. The van der Waals surface area contributed by atoms with Gasteiger partial charge in [-0.15, -0.1) is 0 Å². The Morgan fingerprint density at radius 2 is 2.24 bits per heavy atom. The van der Waals surface area contributed by atoms with Crippen molar-refractivity contribution in [3.8, 4) is 5.75 Å². The van der Waals surface area contributed by atoms with Crippen molar-refractivity contribution in [2.24, 2.45) is 5.92 Å². The first-order valence-corrected chi connectivity index (χ1v) is 5.56. The van der Waals surface area contributed by atoms with E-state index in [0.717, 1.165) is 11.1 Å². The van der Waals surface area contributed by atoms with Gasteiger partial charge in [0.1, 0.15) is 5.75 Å². The molecule has 2 rings (SSSR count). The average Bonchev–Trinajstić information content (AvgIpc) is 2.25. The number of rotatable bonds is 2. The lowest BCUT2D eigenvalue weighted by molar-refractivity contribution is -0.486. The molecule has 3 unspecified atom stereocenters. The topological polar surface area (TPSA) is 72.6 Å². The minimum absolute atomic E-state index is 0.182. The van der Waals surface area contributed by atoms with E-state index in [2.05, 4.69) is 0 Å². The van der Waals surface area contributed by atoms with Crippen molar-refractivity contribution in [3.05, 3.63) is 39.4 Å². The van der Waals surface area contributed by atoms with E-state index in [1.165, 1.54) is 0 Å². The van der Waals surface area contributed by atoms with Gasteiger partial charge < -0.3 is 9.84 Å². The van der Waals surface area contributed by atoms with Crippen LogP contribution in [0.4, 0.5) is 0 Å². The fraction of sp³-hybridized carbons (Fsp3) is 0.500. The second-order valence-electron chi connectivity index (χ2n) is 4.53. The number of hydrogen-bond donors (Lipinski definition) is 1. The number of nitro groups is 1. The third-order valence-electron chi connectivity index (χ3n) is 3.24. The molecule has 5 heteroatoms. The van der Waals surface area contributed by atoms with Crippen molar-refractivity contribution in [2.75, 3.05) is 6.54 Å². The third kappa shape index (κ3) is 2.24. The maximum Gasteiger partial charge on any atom is 0.211 e. The molecule has 0 radical (unpaired) electrons. The fourth-order valence-electron chi connectivity index (χ4n) is 2.21. The summed E-state index contributed by atoms with van der Waals surface area (Å²) in [5, 5.41) is 20.4. The van der Waals surface area contributed by atoms with Crippen LogP contribution in [0.3, 0.4) is 0 Å². The second kappa shape index (κ2) is 4.33. The standard InChI is InChI=1S/C12H15NO4/c1-7-3-4-11-9(5-7)10(6-13(15)16)8(2)12(14)17-11/h3-5,8,10,12,14H,6H2,1-2H3. The highest BCUT2D eigenvalue weighted by Crippen LogP contribution is 2.39. The molecule has 5 nitrogen and oxygen atoms in total. The van der Waals surface area contributed by atoms with Crippen molar-refractivity contribution in [1.29, 1.82) is 0 Å². The number of aliphatic hydroxyl groups is 1. The quantitative estimate of drug-likeness (QED) is 0.627. The summed E-state index contributed by atoms with van der Waals surface area (Å²) in [6.07, 6.45) is -0.977. The van der Waals surface area contributed by atoms with E-state index >= 15 is 0 Å². The van der Waals surface area contributed by atoms with E-state index in [1.54, 1.807) is 13.0 Å². The van der Waals surface area contributed by atoms with Gasteiger partial charge in [0.2, 0.25) is 12.8 Å². The summed E-state index contributed by atoms with van der Waals surface area (Å²) in [6.45, 7) is 3.52. The third-order valence-corrected chi connectivity index (χ3v) is 3.24. The Kier molecular flexibility index (Phi) is 3.02. The zero-order valence-electron chi connectivity index (χ0n) is 9.79. The lowest BCUT2D eigenvalue weighted by atomic mass is 9.83. The van der Waals surface area contributed by atoms with Gasteiger partial charge in [-0.2, -0.15) is 0 Å². The Morgan fingerprint density at radius 1 is 1.53 bits per heavy atom. The molecule has 1 aromatic carbocycles. The van der Waals surface area contributed by atoms with E-state index in [1.807, 2.05) is 19.1 Å². The Hall–Kier alpha value is -1.62. The van der Waals surface area contributed by atoms with Gasteiger partial charge >= 0.3 is 0 Å². The molecular formula is C12H15NO4. The van der Waals surface area contributed by atoms with Crippen molar-refractivity contribution in [1.82, 2.24) is 0 Å². The molecule has 3 atom stereocenters. The highest BCUT2D eigenvalue weighted by atomic mass is 16.6. The molecule has 0 fully saturated rings. The van der Waals surface area contributed by atoms with E-state index in [4.69, 9.17) is 4.74 Å². The van der Waals surface area contributed by atoms with Gasteiger partial charge in [-0.1, -0.05) is 24.6 Å². The number of nitrogens with zero attached hydrogens (tertiary/aromatic N) is 1. The molecule has 1 aromatic rings. The molecule has 0 amide bonds. The number of aliphatic hydroxyl groups excluding tert-OH is 1. The molecule has 0 saturated heterocycles. The molecule has 0 aromatic heterocycles. The lowest BCUT2D eigenvalue weighted by Gasteiger charge is -2.33. The van der Waals surface area contributed by atoms with Gasteiger partial charge in [0, 0.05) is 16.4 Å². The molecule has 1 aliphatic heterocycles. The SMILES string of the molecule is Cc1ccc2c(c1)C(C[N+](=O)[O-])C(C)C(O)O2. The van der Waals surface area contributed by atoms with Crippen LogP contribution in [-0.2, 0) is 0 Å². The molecule has 17 heavy (non-hydrogen) atoms. The van der Waals surface area contributed by atoms with Crippen LogP contribution in [0.15, 0.2) is 18.2 Å². The van der Waals surface area contributed by atoms with Crippen LogP contribution < -0.4 is 4.74 Å². The predicted molar refractivity (Wildman–Crippen MR) is 61.6 cm³/mol. The Morgan fingerprint density at radius 3 is 2.88 bits per heavy atom. The average molecular weight is 237 g/mol.